The highest BCUT2D eigenvalue weighted by Crippen LogP contribution is 2.26. The molecule has 0 bridgehead atoms. The number of rotatable bonds is 5. The van der Waals surface area contributed by atoms with Crippen LogP contribution in [0, 0.1) is 0 Å². The number of carbonyl (C=O) groups excluding carboxylic acids is 2. The lowest BCUT2D eigenvalue weighted by atomic mass is 10.4. The molecule has 0 fully saturated rings. The van der Waals surface area contributed by atoms with Gasteiger partial charge in [0.25, 0.3) is 5.91 Å². The molecule has 94 valence electrons. The van der Waals surface area contributed by atoms with Crippen molar-refractivity contribution in [2.24, 2.45) is 5.73 Å². The van der Waals surface area contributed by atoms with Gasteiger partial charge < -0.3 is 21.7 Å². The molecule has 1 rings (SSSR count). The van der Waals surface area contributed by atoms with Crippen molar-refractivity contribution in [2.45, 2.75) is 6.92 Å². The Kier molecular flexibility index (Phi) is 4.27. The average molecular weight is 257 g/mol. The predicted octanol–water partition coefficient (Wildman–Crippen LogP) is -0.603. The van der Waals surface area contributed by atoms with Crippen molar-refractivity contribution in [1.82, 2.24) is 10.3 Å². The highest BCUT2D eigenvalue weighted by Gasteiger charge is 2.17. The number of hydrogen-bond donors (Lipinski definition) is 3. The molecule has 1 aromatic rings. The van der Waals surface area contributed by atoms with Gasteiger partial charge in [-0.15, -0.1) is 0 Å². The van der Waals surface area contributed by atoms with Gasteiger partial charge in [-0.1, -0.05) is 11.3 Å². The van der Waals surface area contributed by atoms with Gasteiger partial charge in [0.15, 0.2) is 5.13 Å². The van der Waals surface area contributed by atoms with E-state index in [-0.39, 0.29) is 12.4 Å². The van der Waals surface area contributed by atoms with Crippen LogP contribution in [0.1, 0.15) is 16.6 Å². The number of thiazole rings is 1. The van der Waals surface area contributed by atoms with Crippen LogP contribution in [-0.4, -0.2) is 36.9 Å². The fourth-order valence-electron chi connectivity index (χ4n) is 1.03. The molecular weight excluding hydrogens is 242 g/mol. The molecule has 17 heavy (non-hydrogen) atoms. The van der Waals surface area contributed by atoms with Crippen molar-refractivity contribution in [2.75, 3.05) is 30.8 Å². The zero-order valence-corrected chi connectivity index (χ0v) is 10.5. The van der Waals surface area contributed by atoms with E-state index in [4.69, 9.17) is 11.5 Å². The Morgan fingerprint density at radius 1 is 1.53 bits per heavy atom. The highest BCUT2D eigenvalue weighted by atomic mass is 32.1. The average Bonchev–Trinajstić information content (AvgIpc) is 2.67. The van der Waals surface area contributed by atoms with Crippen LogP contribution in [0.15, 0.2) is 0 Å². The smallest absolute Gasteiger partial charge is 0.265 e. The quantitative estimate of drug-likeness (QED) is 0.651. The summed E-state index contributed by atoms with van der Waals surface area (Å²) in [5.74, 6) is -0.880. The third kappa shape index (κ3) is 3.31. The largest absolute Gasteiger partial charge is 0.382 e. The monoisotopic (exact) mass is 257 g/mol. The van der Waals surface area contributed by atoms with E-state index in [0.717, 1.165) is 6.54 Å². The van der Waals surface area contributed by atoms with E-state index in [1.807, 2.05) is 18.9 Å². The first-order valence-corrected chi connectivity index (χ1v) is 5.81. The molecule has 0 aliphatic carbocycles. The minimum atomic E-state index is -0.604. The summed E-state index contributed by atoms with van der Waals surface area (Å²) in [6.45, 7) is 2.51. The molecule has 0 unspecified atom stereocenters. The fraction of sp³-hybridized carbons (Fsp3) is 0.444. The first-order valence-electron chi connectivity index (χ1n) is 4.99. The molecule has 1 heterocycles. The lowest BCUT2D eigenvalue weighted by Gasteiger charge is -2.10. The van der Waals surface area contributed by atoms with Crippen LogP contribution in [0.25, 0.3) is 0 Å². The Morgan fingerprint density at radius 2 is 2.18 bits per heavy atom. The minimum absolute atomic E-state index is 0.160. The summed E-state index contributed by atoms with van der Waals surface area (Å²) in [6, 6.07) is 0. The van der Waals surface area contributed by atoms with E-state index >= 15 is 0 Å². The number of hydrogen-bond acceptors (Lipinski definition) is 6. The molecule has 0 spiro atoms. The van der Waals surface area contributed by atoms with Crippen molar-refractivity contribution < 1.29 is 9.59 Å². The number of nitrogens with two attached hydrogens (primary N) is 2. The number of nitrogens with zero attached hydrogens (tertiary/aromatic N) is 2. The molecule has 0 radical (unpaired) electrons. The number of anilines is 2. The van der Waals surface area contributed by atoms with Crippen LogP contribution < -0.4 is 21.7 Å². The predicted molar refractivity (Wildman–Crippen MR) is 67.0 cm³/mol. The van der Waals surface area contributed by atoms with Crippen LogP contribution in [0.3, 0.4) is 0 Å². The van der Waals surface area contributed by atoms with E-state index in [1.165, 1.54) is 11.3 Å². The van der Waals surface area contributed by atoms with E-state index < -0.39 is 11.8 Å². The molecule has 0 saturated carbocycles. The Balaban J connectivity index is 2.80. The van der Waals surface area contributed by atoms with Crippen molar-refractivity contribution >= 4 is 34.1 Å². The standard InChI is InChI=1S/C9H15N5O2S/c1-3-14(2)9-13-7(11)6(17-9)8(16)12-4-5(10)15/h3-4,11H2,1-2H3,(H2,10,15)(H,12,16). The fourth-order valence-corrected chi connectivity index (χ4v) is 1.96. The second-order valence-corrected chi connectivity index (χ2v) is 4.35. The summed E-state index contributed by atoms with van der Waals surface area (Å²) in [7, 11) is 1.85. The number of carbonyl (C=O) groups is 2. The van der Waals surface area contributed by atoms with Gasteiger partial charge in [-0.05, 0) is 6.92 Å². The Morgan fingerprint density at radius 3 is 2.71 bits per heavy atom. The summed E-state index contributed by atoms with van der Waals surface area (Å²) in [5.41, 5.74) is 10.6. The van der Waals surface area contributed by atoms with Gasteiger partial charge in [0.1, 0.15) is 10.7 Å². The first-order chi connectivity index (χ1) is 7.95. The lowest BCUT2D eigenvalue weighted by molar-refractivity contribution is -0.117. The van der Waals surface area contributed by atoms with Gasteiger partial charge in [0.05, 0.1) is 6.54 Å². The Hall–Kier alpha value is -1.83. The second kappa shape index (κ2) is 5.48. The topological polar surface area (TPSA) is 114 Å². The summed E-state index contributed by atoms with van der Waals surface area (Å²) in [5, 5.41) is 3.03. The lowest BCUT2D eigenvalue weighted by Crippen LogP contribution is -2.33. The van der Waals surface area contributed by atoms with E-state index in [0.29, 0.717) is 10.0 Å². The molecule has 2 amide bonds. The van der Waals surface area contributed by atoms with Gasteiger partial charge in [-0.2, -0.15) is 0 Å². The number of aromatic nitrogens is 1. The van der Waals surface area contributed by atoms with Gasteiger partial charge in [0.2, 0.25) is 5.91 Å². The third-order valence-corrected chi connectivity index (χ3v) is 3.26. The van der Waals surface area contributed by atoms with Crippen LogP contribution in [-0.2, 0) is 4.79 Å². The van der Waals surface area contributed by atoms with Crippen molar-refractivity contribution in [3.8, 4) is 0 Å². The molecule has 7 nitrogen and oxygen atoms in total. The molecule has 8 heteroatoms. The third-order valence-electron chi connectivity index (χ3n) is 2.07. The van der Waals surface area contributed by atoms with Crippen LogP contribution in [0.2, 0.25) is 0 Å². The van der Waals surface area contributed by atoms with Crippen LogP contribution in [0.4, 0.5) is 10.9 Å². The normalized spacial score (nSPS) is 10.0. The Labute approximate surface area is 103 Å². The highest BCUT2D eigenvalue weighted by molar-refractivity contribution is 7.18. The molecule has 0 aliphatic heterocycles. The van der Waals surface area contributed by atoms with E-state index in [1.54, 1.807) is 0 Å². The number of primary amides is 1. The van der Waals surface area contributed by atoms with E-state index in [2.05, 4.69) is 10.3 Å². The van der Waals surface area contributed by atoms with Gasteiger partial charge in [0, 0.05) is 13.6 Å². The maximum Gasteiger partial charge on any atom is 0.265 e. The molecule has 5 N–H and O–H groups in total. The zero-order valence-electron chi connectivity index (χ0n) is 9.69. The molecule has 0 atom stereocenters. The van der Waals surface area contributed by atoms with Crippen molar-refractivity contribution in [1.29, 1.82) is 0 Å². The first kappa shape index (κ1) is 13.2. The van der Waals surface area contributed by atoms with Gasteiger partial charge >= 0.3 is 0 Å². The summed E-state index contributed by atoms with van der Waals surface area (Å²) >= 11 is 1.18. The van der Waals surface area contributed by atoms with Gasteiger partial charge in [-0.25, -0.2) is 4.98 Å². The van der Waals surface area contributed by atoms with Gasteiger partial charge in [-0.3, -0.25) is 9.59 Å². The summed E-state index contributed by atoms with van der Waals surface area (Å²) < 4.78 is 0. The molecule has 0 aromatic carbocycles. The summed E-state index contributed by atoms with van der Waals surface area (Å²) in [4.78, 5) is 28.4. The van der Waals surface area contributed by atoms with Crippen molar-refractivity contribution in [3.63, 3.8) is 0 Å². The molecule has 0 saturated heterocycles. The van der Waals surface area contributed by atoms with Crippen LogP contribution >= 0.6 is 11.3 Å². The number of nitrogens with one attached hydrogen (secondary N) is 1. The maximum absolute atomic E-state index is 11.6. The Bertz CT molecular complexity index is 431. The maximum atomic E-state index is 11.6. The zero-order chi connectivity index (χ0) is 13.0. The SMILES string of the molecule is CCN(C)c1nc(N)c(C(=O)NCC(N)=O)s1. The van der Waals surface area contributed by atoms with Crippen LogP contribution in [0.5, 0.6) is 0 Å². The number of amides is 2. The molecule has 0 aliphatic rings. The second-order valence-electron chi connectivity index (χ2n) is 3.37. The summed E-state index contributed by atoms with van der Waals surface area (Å²) in [6.07, 6.45) is 0. The molecular formula is C9H15N5O2S. The number of nitrogen functional groups attached to an aromatic ring is 1. The minimum Gasteiger partial charge on any atom is -0.382 e. The van der Waals surface area contributed by atoms with Crippen molar-refractivity contribution in [3.05, 3.63) is 4.88 Å². The van der Waals surface area contributed by atoms with E-state index in [9.17, 15) is 9.59 Å². The molecule has 1 aromatic heterocycles.